The summed E-state index contributed by atoms with van der Waals surface area (Å²) < 4.78 is 16.2. The van der Waals surface area contributed by atoms with Gasteiger partial charge in [-0.05, 0) is 48.2 Å². The van der Waals surface area contributed by atoms with Crippen LogP contribution in [0.1, 0.15) is 24.5 Å². The average Bonchev–Trinajstić information content (AvgIpc) is 3.12. The SMILES string of the molecule is CCc1ccc(OCCNC(=O)CCc2ccc3c(c2)OCO3)cc1. The largest absolute Gasteiger partial charge is 0.492 e. The number of ether oxygens (including phenoxy) is 3. The van der Waals surface area contributed by atoms with Gasteiger partial charge in [0.2, 0.25) is 12.7 Å². The molecule has 25 heavy (non-hydrogen) atoms. The Balaban J connectivity index is 1.34. The van der Waals surface area contributed by atoms with Gasteiger partial charge in [-0.15, -0.1) is 0 Å². The minimum atomic E-state index is 0.0163. The second-order valence-corrected chi connectivity index (χ2v) is 5.88. The smallest absolute Gasteiger partial charge is 0.231 e. The molecule has 0 saturated heterocycles. The van der Waals surface area contributed by atoms with Crippen LogP contribution < -0.4 is 19.5 Å². The van der Waals surface area contributed by atoms with Crippen LogP contribution >= 0.6 is 0 Å². The van der Waals surface area contributed by atoms with Gasteiger partial charge in [-0.1, -0.05) is 25.1 Å². The maximum absolute atomic E-state index is 11.9. The van der Waals surface area contributed by atoms with Gasteiger partial charge in [-0.2, -0.15) is 0 Å². The fraction of sp³-hybridized carbons (Fsp3) is 0.350. The fourth-order valence-corrected chi connectivity index (χ4v) is 2.62. The summed E-state index contributed by atoms with van der Waals surface area (Å²) >= 11 is 0. The lowest BCUT2D eigenvalue weighted by atomic mass is 10.1. The van der Waals surface area contributed by atoms with E-state index < -0.39 is 0 Å². The van der Waals surface area contributed by atoms with Gasteiger partial charge in [0.1, 0.15) is 12.4 Å². The molecule has 0 radical (unpaired) electrons. The van der Waals surface area contributed by atoms with Gasteiger partial charge >= 0.3 is 0 Å². The van der Waals surface area contributed by atoms with Crippen LogP contribution in [0.25, 0.3) is 0 Å². The molecule has 5 heteroatoms. The molecule has 0 aromatic heterocycles. The zero-order valence-electron chi connectivity index (χ0n) is 14.4. The summed E-state index contributed by atoms with van der Waals surface area (Å²) in [6.45, 7) is 3.34. The Labute approximate surface area is 147 Å². The van der Waals surface area contributed by atoms with Gasteiger partial charge in [0.15, 0.2) is 11.5 Å². The summed E-state index contributed by atoms with van der Waals surface area (Å²) in [6, 6.07) is 13.8. The molecule has 2 aromatic carbocycles. The highest BCUT2D eigenvalue weighted by Gasteiger charge is 2.13. The number of rotatable bonds is 8. The highest BCUT2D eigenvalue weighted by molar-refractivity contribution is 5.76. The van der Waals surface area contributed by atoms with Gasteiger partial charge in [-0.3, -0.25) is 4.79 Å². The molecule has 3 rings (SSSR count). The quantitative estimate of drug-likeness (QED) is 0.750. The highest BCUT2D eigenvalue weighted by atomic mass is 16.7. The Morgan fingerprint density at radius 1 is 1.08 bits per heavy atom. The number of hydrogen-bond acceptors (Lipinski definition) is 4. The fourth-order valence-electron chi connectivity index (χ4n) is 2.62. The van der Waals surface area contributed by atoms with Crippen LogP contribution in [0.4, 0.5) is 0 Å². The van der Waals surface area contributed by atoms with Gasteiger partial charge in [0, 0.05) is 6.42 Å². The Morgan fingerprint density at radius 2 is 1.84 bits per heavy atom. The first kappa shape index (κ1) is 17.1. The standard InChI is InChI=1S/C20H23NO4/c1-2-15-3-7-17(8-4-15)23-12-11-21-20(22)10-6-16-5-9-18-19(13-16)25-14-24-18/h3-5,7-9,13H,2,6,10-12,14H2,1H3,(H,21,22). The Kier molecular flexibility index (Phi) is 5.77. The number of carbonyl (C=O) groups excluding carboxylic acids is 1. The molecule has 1 aliphatic heterocycles. The minimum Gasteiger partial charge on any atom is -0.492 e. The lowest BCUT2D eigenvalue weighted by molar-refractivity contribution is -0.121. The lowest BCUT2D eigenvalue weighted by Gasteiger charge is -2.08. The summed E-state index contributed by atoms with van der Waals surface area (Å²) in [6.07, 6.45) is 2.12. The first-order chi connectivity index (χ1) is 12.2. The van der Waals surface area contributed by atoms with Crippen molar-refractivity contribution in [2.75, 3.05) is 19.9 Å². The van der Waals surface area contributed by atoms with E-state index in [-0.39, 0.29) is 12.7 Å². The topological polar surface area (TPSA) is 56.8 Å². The van der Waals surface area contributed by atoms with Crippen LogP contribution in [0, 0.1) is 0 Å². The third-order valence-corrected chi connectivity index (χ3v) is 4.10. The molecule has 0 saturated carbocycles. The van der Waals surface area contributed by atoms with E-state index in [1.54, 1.807) is 0 Å². The van der Waals surface area contributed by atoms with E-state index in [1.807, 2.05) is 30.3 Å². The molecular formula is C20H23NO4. The second-order valence-electron chi connectivity index (χ2n) is 5.88. The van der Waals surface area contributed by atoms with Crippen LogP contribution in [0.15, 0.2) is 42.5 Å². The average molecular weight is 341 g/mol. The van der Waals surface area contributed by atoms with E-state index in [4.69, 9.17) is 14.2 Å². The van der Waals surface area contributed by atoms with Gasteiger partial charge in [-0.25, -0.2) is 0 Å². The highest BCUT2D eigenvalue weighted by Crippen LogP contribution is 2.32. The van der Waals surface area contributed by atoms with E-state index in [9.17, 15) is 4.79 Å². The molecule has 0 aliphatic carbocycles. The van der Waals surface area contributed by atoms with Crippen molar-refractivity contribution in [2.24, 2.45) is 0 Å². The van der Waals surface area contributed by atoms with E-state index in [1.165, 1.54) is 5.56 Å². The molecule has 1 heterocycles. The summed E-state index contributed by atoms with van der Waals surface area (Å²) in [5, 5.41) is 2.88. The van der Waals surface area contributed by atoms with Crippen molar-refractivity contribution in [3.63, 3.8) is 0 Å². The molecule has 0 fully saturated rings. The predicted molar refractivity (Wildman–Crippen MR) is 95.2 cm³/mol. The van der Waals surface area contributed by atoms with Gasteiger partial charge in [0.05, 0.1) is 6.54 Å². The number of nitrogens with one attached hydrogen (secondary N) is 1. The first-order valence-electron chi connectivity index (χ1n) is 8.61. The molecule has 0 bridgehead atoms. The van der Waals surface area contributed by atoms with Crippen molar-refractivity contribution in [1.82, 2.24) is 5.32 Å². The monoisotopic (exact) mass is 341 g/mol. The van der Waals surface area contributed by atoms with Crippen molar-refractivity contribution in [1.29, 1.82) is 0 Å². The van der Waals surface area contributed by atoms with Crippen molar-refractivity contribution in [3.05, 3.63) is 53.6 Å². The Morgan fingerprint density at radius 3 is 2.64 bits per heavy atom. The molecule has 1 amide bonds. The number of hydrogen-bond donors (Lipinski definition) is 1. The van der Waals surface area contributed by atoms with Crippen LogP contribution in [0.2, 0.25) is 0 Å². The number of fused-ring (bicyclic) bond motifs is 1. The Hall–Kier alpha value is -2.69. The third-order valence-electron chi connectivity index (χ3n) is 4.10. The maximum atomic E-state index is 11.9. The number of benzene rings is 2. The van der Waals surface area contributed by atoms with E-state index in [2.05, 4.69) is 24.4 Å². The zero-order chi connectivity index (χ0) is 17.5. The molecular weight excluding hydrogens is 318 g/mol. The summed E-state index contributed by atoms with van der Waals surface area (Å²) in [5.74, 6) is 2.35. The van der Waals surface area contributed by atoms with Crippen molar-refractivity contribution in [3.8, 4) is 17.2 Å². The van der Waals surface area contributed by atoms with Crippen molar-refractivity contribution in [2.45, 2.75) is 26.2 Å². The number of aryl methyl sites for hydroxylation is 2. The second kappa shape index (κ2) is 8.42. The summed E-state index contributed by atoms with van der Waals surface area (Å²) in [7, 11) is 0. The lowest BCUT2D eigenvalue weighted by Crippen LogP contribution is -2.28. The molecule has 2 aromatic rings. The summed E-state index contributed by atoms with van der Waals surface area (Å²) in [4.78, 5) is 11.9. The Bertz CT molecular complexity index is 712. The molecule has 132 valence electrons. The molecule has 0 spiro atoms. The zero-order valence-corrected chi connectivity index (χ0v) is 14.4. The normalized spacial score (nSPS) is 12.0. The van der Waals surface area contributed by atoms with Crippen LogP contribution in [0.5, 0.6) is 17.2 Å². The van der Waals surface area contributed by atoms with Crippen LogP contribution in [-0.2, 0) is 17.6 Å². The molecule has 5 nitrogen and oxygen atoms in total. The first-order valence-corrected chi connectivity index (χ1v) is 8.61. The van der Waals surface area contributed by atoms with Gasteiger partial charge in [0.25, 0.3) is 0 Å². The third kappa shape index (κ3) is 4.89. The van der Waals surface area contributed by atoms with E-state index in [0.29, 0.717) is 26.0 Å². The molecule has 0 atom stereocenters. The maximum Gasteiger partial charge on any atom is 0.231 e. The van der Waals surface area contributed by atoms with Gasteiger partial charge < -0.3 is 19.5 Å². The van der Waals surface area contributed by atoms with Crippen molar-refractivity contribution < 1.29 is 19.0 Å². The summed E-state index contributed by atoms with van der Waals surface area (Å²) in [5.41, 5.74) is 2.34. The van der Waals surface area contributed by atoms with E-state index in [0.717, 1.165) is 29.2 Å². The van der Waals surface area contributed by atoms with E-state index >= 15 is 0 Å². The molecule has 0 unspecified atom stereocenters. The predicted octanol–water partition coefficient (Wildman–Crippen LogP) is 3.11. The number of amides is 1. The van der Waals surface area contributed by atoms with Crippen molar-refractivity contribution >= 4 is 5.91 Å². The molecule has 1 aliphatic rings. The molecule has 1 N–H and O–H groups in total. The van der Waals surface area contributed by atoms with Crippen LogP contribution in [-0.4, -0.2) is 25.9 Å². The minimum absolute atomic E-state index is 0.0163. The number of carbonyl (C=O) groups is 1. The van der Waals surface area contributed by atoms with Crippen LogP contribution in [0.3, 0.4) is 0 Å².